The van der Waals surface area contributed by atoms with Crippen molar-refractivity contribution >= 4 is 11.8 Å². The molecule has 1 aromatic rings. The Morgan fingerprint density at radius 1 is 1.17 bits per heavy atom. The number of hydrogen-bond donors (Lipinski definition) is 0. The maximum atomic E-state index is 5.28. The highest BCUT2D eigenvalue weighted by Crippen LogP contribution is 2.25. The molecule has 18 heavy (non-hydrogen) atoms. The molecule has 0 heterocycles. The molecule has 0 spiro atoms. The standard InChI is InChI=1S/C17H24S/c1-3-5-6-10-14-17(11-4-2)18-15-16-12-8-7-9-13-16/h1,7-9,12-13,17H,4-6,10-11,14-15H2,2H3. The molecule has 0 fully saturated rings. The van der Waals surface area contributed by atoms with Gasteiger partial charge in [0.1, 0.15) is 0 Å². The molecule has 0 amide bonds. The van der Waals surface area contributed by atoms with Crippen LogP contribution in [0.2, 0.25) is 0 Å². The van der Waals surface area contributed by atoms with Gasteiger partial charge in [0.2, 0.25) is 0 Å². The average Bonchev–Trinajstić information content (AvgIpc) is 2.42. The van der Waals surface area contributed by atoms with Crippen LogP contribution in [0.4, 0.5) is 0 Å². The monoisotopic (exact) mass is 260 g/mol. The number of unbranched alkanes of at least 4 members (excludes halogenated alkanes) is 2. The summed E-state index contributed by atoms with van der Waals surface area (Å²) in [7, 11) is 0. The first-order valence-corrected chi connectivity index (χ1v) is 8.00. The first kappa shape index (κ1) is 15.2. The third kappa shape index (κ3) is 6.77. The molecule has 1 aromatic carbocycles. The third-order valence-electron chi connectivity index (χ3n) is 3.04. The minimum Gasteiger partial charge on any atom is -0.154 e. The van der Waals surface area contributed by atoms with Gasteiger partial charge < -0.3 is 0 Å². The second-order valence-corrected chi connectivity index (χ2v) is 5.95. The van der Waals surface area contributed by atoms with Crippen molar-refractivity contribution < 1.29 is 0 Å². The summed E-state index contributed by atoms with van der Waals surface area (Å²) in [5.74, 6) is 3.86. The second kappa shape index (κ2) is 10.1. The fraction of sp³-hybridized carbons (Fsp3) is 0.529. The normalized spacial score (nSPS) is 12.0. The van der Waals surface area contributed by atoms with E-state index in [1.807, 2.05) is 0 Å². The summed E-state index contributed by atoms with van der Waals surface area (Å²) in [5, 5.41) is 0.799. The van der Waals surface area contributed by atoms with Gasteiger partial charge in [0.25, 0.3) is 0 Å². The zero-order valence-corrected chi connectivity index (χ0v) is 12.2. The minimum atomic E-state index is 0.799. The highest BCUT2D eigenvalue weighted by Gasteiger charge is 2.08. The number of terminal acetylenes is 1. The van der Waals surface area contributed by atoms with Crippen LogP contribution in [0.3, 0.4) is 0 Å². The Bertz CT molecular complexity index is 336. The molecule has 0 nitrogen and oxygen atoms in total. The number of rotatable bonds is 9. The smallest absolute Gasteiger partial charge is 0.0187 e. The SMILES string of the molecule is C#CCCCCC(CCC)SCc1ccccc1. The van der Waals surface area contributed by atoms with Crippen LogP contribution < -0.4 is 0 Å². The molecule has 1 atom stereocenters. The molecule has 98 valence electrons. The molecule has 0 aromatic heterocycles. The Kier molecular flexibility index (Phi) is 8.51. The van der Waals surface area contributed by atoms with E-state index in [2.05, 4.69) is 54.9 Å². The molecular formula is C17H24S. The summed E-state index contributed by atoms with van der Waals surface area (Å²) in [6, 6.07) is 10.8. The predicted octanol–water partition coefficient (Wildman–Crippen LogP) is 5.28. The molecule has 1 unspecified atom stereocenters. The van der Waals surface area contributed by atoms with Crippen molar-refractivity contribution in [2.75, 3.05) is 0 Å². The van der Waals surface area contributed by atoms with Gasteiger partial charge in [0.05, 0.1) is 0 Å². The minimum absolute atomic E-state index is 0.799. The molecule has 0 aliphatic carbocycles. The first-order valence-electron chi connectivity index (χ1n) is 6.95. The van der Waals surface area contributed by atoms with Crippen molar-refractivity contribution in [3.8, 4) is 12.3 Å². The quantitative estimate of drug-likeness (QED) is 0.430. The van der Waals surface area contributed by atoms with Gasteiger partial charge in [-0.15, -0.1) is 12.3 Å². The van der Waals surface area contributed by atoms with E-state index in [9.17, 15) is 0 Å². The average molecular weight is 260 g/mol. The highest BCUT2D eigenvalue weighted by atomic mass is 32.2. The maximum Gasteiger partial charge on any atom is 0.0187 e. The third-order valence-corrected chi connectivity index (χ3v) is 4.48. The van der Waals surface area contributed by atoms with E-state index in [-0.39, 0.29) is 0 Å². The Labute approximate surface area is 117 Å². The predicted molar refractivity (Wildman–Crippen MR) is 83.7 cm³/mol. The lowest BCUT2D eigenvalue weighted by Crippen LogP contribution is -2.03. The fourth-order valence-electron chi connectivity index (χ4n) is 2.02. The molecule has 0 radical (unpaired) electrons. The summed E-state index contributed by atoms with van der Waals surface area (Å²) in [6.07, 6.45) is 12.6. The fourth-order valence-corrected chi connectivity index (χ4v) is 3.38. The van der Waals surface area contributed by atoms with Crippen LogP contribution in [-0.4, -0.2) is 5.25 Å². The van der Waals surface area contributed by atoms with E-state index in [1.54, 1.807) is 0 Å². The molecule has 0 aliphatic rings. The lowest BCUT2D eigenvalue weighted by molar-refractivity contribution is 0.627. The van der Waals surface area contributed by atoms with Crippen molar-refractivity contribution in [1.29, 1.82) is 0 Å². The van der Waals surface area contributed by atoms with Crippen molar-refractivity contribution in [2.45, 2.75) is 56.5 Å². The van der Waals surface area contributed by atoms with Crippen molar-refractivity contribution in [2.24, 2.45) is 0 Å². The molecule has 1 heteroatoms. The summed E-state index contributed by atoms with van der Waals surface area (Å²) >= 11 is 2.11. The topological polar surface area (TPSA) is 0 Å². The van der Waals surface area contributed by atoms with E-state index in [1.165, 1.54) is 37.7 Å². The van der Waals surface area contributed by atoms with E-state index in [0.29, 0.717) is 0 Å². The molecule has 0 aliphatic heterocycles. The van der Waals surface area contributed by atoms with Gasteiger partial charge in [-0.25, -0.2) is 0 Å². The maximum absolute atomic E-state index is 5.28. The van der Waals surface area contributed by atoms with Crippen LogP contribution >= 0.6 is 11.8 Å². The lowest BCUT2D eigenvalue weighted by atomic mass is 10.1. The Balaban J connectivity index is 2.27. The molecular weight excluding hydrogens is 236 g/mol. The van der Waals surface area contributed by atoms with Crippen LogP contribution in [-0.2, 0) is 5.75 Å². The van der Waals surface area contributed by atoms with Crippen LogP contribution in [0.15, 0.2) is 30.3 Å². The van der Waals surface area contributed by atoms with Gasteiger partial charge in [-0.05, 0) is 24.8 Å². The van der Waals surface area contributed by atoms with Gasteiger partial charge in [-0.3, -0.25) is 0 Å². The molecule has 0 bridgehead atoms. The van der Waals surface area contributed by atoms with Gasteiger partial charge in [0, 0.05) is 17.4 Å². The van der Waals surface area contributed by atoms with Gasteiger partial charge in [0.15, 0.2) is 0 Å². The summed E-state index contributed by atoms with van der Waals surface area (Å²) < 4.78 is 0. The van der Waals surface area contributed by atoms with E-state index in [4.69, 9.17) is 6.42 Å². The van der Waals surface area contributed by atoms with Crippen molar-refractivity contribution in [3.63, 3.8) is 0 Å². The molecule has 1 rings (SSSR count). The molecule has 0 saturated heterocycles. The van der Waals surface area contributed by atoms with E-state index in [0.717, 1.165) is 17.4 Å². The van der Waals surface area contributed by atoms with Crippen molar-refractivity contribution in [3.05, 3.63) is 35.9 Å². The Morgan fingerprint density at radius 3 is 2.61 bits per heavy atom. The van der Waals surface area contributed by atoms with Gasteiger partial charge in [-0.2, -0.15) is 11.8 Å². The number of benzene rings is 1. The summed E-state index contributed by atoms with van der Waals surface area (Å²) in [5.41, 5.74) is 1.44. The van der Waals surface area contributed by atoms with Gasteiger partial charge >= 0.3 is 0 Å². The summed E-state index contributed by atoms with van der Waals surface area (Å²) in [4.78, 5) is 0. The molecule has 0 N–H and O–H groups in total. The summed E-state index contributed by atoms with van der Waals surface area (Å²) in [6.45, 7) is 2.28. The zero-order valence-electron chi connectivity index (χ0n) is 11.4. The zero-order chi connectivity index (χ0) is 13.1. The number of thioether (sulfide) groups is 1. The van der Waals surface area contributed by atoms with E-state index >= 15 is 0 Å². The van der Waals surface area contributed by atoms with Crippen molar-refractivity contribution in [1.82, 2.24) is 0 Å². The van der Waals surface area contributed by atoms with Crippen LogP contribution in [0.5, 0.6) is 0 Å². The van der Waals surface area contributed by atoms with Crippen LogP contribution in [0.25, 0.3) is 0 Å². The largest absolute Gasteiger partial charge is 0.154 e. The molecule has 0 saturated carbocycles. The van der Waals surface area contributed by atoms with Gasteiger partial charge in [-0.1, -0.05) is 50.1 Å². The lowest BCUT2D eigenvalue weighted by Gasteiger charge is -2.15. The van der Waals surface area contributed by atoms with Crippen LogP contribution in [0.1, 0.15) is 51.0 Å². The highest BCUT2D eigenvalue weighted by molar-refractivity contribution is 7.99. The number of hydrogen-bond acceptors (Lipinski definition) is 1. The Morgan fingerprint density at radius 2 is 1.94 bits per heavy atom. The second-order valence-electron chi connectivity index (χ2n) is 4.66. The first-order chi connectivity index (χ1) is 8.86. The van der Waals surface area contributed by atoms with E-state index < -0.39 is 0 Å². The Hall–Kier alpha value is -0.870. The van der Waals surface area contributed by atoms with Crippen LogP contribution in [0, 0.1) is 12.3 Å².